The van der Waals surface area contributed by atoms with Gasteiger partial charge in [-0.3, -0.25) is 9.59 Å². The fourth-order valence-corrected chi connectivity index (χ4v) is 5.99. The largest absolute Gasteiger partial charge is 0.354 e. The smallest absolute Gasteiger partial charge is 0.226 e. The number of hydrogen-bond donors (Lipinski definition) is 1. The third-order valence-electron chi connectivity index (χ3n) is 7.53. The third kappa shape index (κ3) is 3.60. The van der Waals surface area contributed by atoms with Crippen molar-refractivity contribution in [3.8, 4) is 0 Å². The molecule has 4 aliphatic carbocycles. The van der Waals surface area contributed by atoms with Gasteiger partial charge in [-0.15, -0.1) is 0 Å². The van der Waals surface area contributed by atoms with E-state index in [0.717, 1.165) is 38.5 Å². The van der Waals surface area contributed by atoms with E-state index in [4.69, 9.17) is 0 Å². The van der Waals surface area contributed by atoms with E-state index in [1.807, 2.05) is 0 Å². The summed E-state index contributed by atoms with van der Waals surface area (Å²) in [6.07, 6.45) is 15.3. The summed E-state index contributed by atoms with van der Waals surface area (Å²) in [5.41, 5.74) is 0. The highest BCUT2D eigenvalue weighted by Crippen LogP contribution is 2.45. The SMILES string of the molecule is CCC(CC)N(CCNC(=O)[C@H]1C[C@H]2C=C[C@H]1C2)C(=O)[C@@H]1C[C@H]2C=C[C@H]1C2. The second-order valence-corrected chi connectivity index (χ2v) is 9.07. The number of fused-ring (bicyclic) bond motifs is 4. The molecule has 148 valence electrons. The highest BCUT2D eigenvalue weighted by Gasteiger charge is 2.42. The van der Waals surface area contributed by atoms with E-state index in [0.29, 0.717) is 42.7 Å². The van der Waals surface area contributed by atoms with Crippen molar-refractivity contribution in [2.45, 2.75) is 58.4 Å². The van der Waals surface area contributed by atoms with Gasteiger partial charge >= 0.3 is 0 Å². The molecule has 0 heterocycles. The Kier molecular flexibility index (Phi) is 5.43. The molecule has 0 aromatic rings. The molecule has 2 saturated carbocycles. The molecule has 2 amide bonds. The first kappa shape index (κ1) is 18.8. The Morgan fingerprint density at radius 3 is 2.00 bits per heavy atom. The molecule has 4 bridgehead atoms. The van der Waals surface area contributed by atoms with Gasteiger partial charge in [-0.05, 0) is 62.2 Å². The van der Waals surface area contributed by atoms with E-state index < -0.39 is 0 Å². The molecule has 0 aliphatic heterocycles. The molecule has 0 aromatic heterocycles. The molecule has 4 nitrogen and oxygen atoms in total. The van der Waals surface area contributed by atoms with Crippen molar-refractivity contribution < 1.29 is 9.59 Å². The molecule has 0 radical (unpaired) electrons. The van der Waals surface area contributed by atoms with E-state index in [-0.39, 0.29) is 23.8 Å². The van der Waals surface area contributed by atoms with Crippen LogP contribution in [0.5, 0.6) is 0 Å². The summed E-state index contributed by atoms with van der Waals surface area (Å²) >= 11 is 0. The Balaban J connectivity index is 1.33. The summed E-state index contributed by atoms with van der Waals surface area (Å²) in [5.74, 6) is 2.91. The Labute approximate surface area is 163 Å². The third-order valence-corrected chi connectivity index (χ3v) is 7.53. The standard InChI is InChI=1S/C23H34N2O2/c1-3-19(4-2)25(23(27)21-14-16-6-8-18(21)12-16)10-9-24-22(26)20-13-15-5-7-17(20)11-15/h5-8,15-21H,3-4,9-14H2,1-2H3,(H,24,26)/t15-,16-,17-,18-,20-,21+/m0/s1. The summed E-state index contributed by atoms with van der Waals surface area (Å²) in [6.45, 7) is 5.55. The van der Waals surface area contributed by atoms with Gasteiger partial charge < -0.3 is 10.2 Å². The van der Waals surface area contributed by atoms with Crippen LogP contribution < -0.4 is 5.32 Å². The van der Waals surface area contributed by atoms with Crippen molar-refractivity contribution in [1.82, 2.24) is 10.2 Å². The van der Waals surface area contributed by atoms with E-state index in [2.05, 4.69) is 48.4 Å². The van der Waals surface area contributed by atoms with Gasteiger partial charge in [0, 0.05) is 31.0 Å². The van der Waals surface area contributed by atoms with E-state index in [1.54, 1.807) is 0 Å². The van der Waals surface area contributed by atoms with E-state index in [1.165, 1.54) is 0 Å². The molecule has 4 aliphatic rings. The van der Waals surface area contributed by atoms with Crippen molar-refractivity contribution in [1.29, 1.82) is 0 Å². The maximum Gasteiger partial charge on any atom is 0.226 e. The van der Waals surface area contributed by atoms with Crippen molar-refractivity contribution >= 4 is 11.8 Å². The average molecular weight is 371 g/mol. The number of nitrogens with zero attached hydrogens (tertiary/aromatic N) is 1. The van der Waals surface area contributed by atoms with Crippen LogP contribution in [-0.4, -0.2) is 35.8 Å². The fourth-order valence-electron chi connectivity index (χ4n) is 5.99. The first-order chi connectivity index (χ1) is 13.1. The molecule has 0 spiro atoms. The lowest BCUT2D eigenvalue weighted by atomic mass is 9.91. The van der Waals surface area contributed by atoms with Crippen LogP contribution in [0.1, 0.15) is 52.4 Å². The number of carbonyl (C=O) groups is 2. The molecular weight excluding hydrogens is 336 g/mol. The molecule has 0 aromatic carbocycles. The molecule has 27 heavy (non-hydrogen) atoms. The van der Waals surface area contributed by atoms with Gasteiger partial charge in [0.05, 0.1) is 0 Å². The Morgan fingerprint density at radius 1 is 0.926 bits per heavy atom. The lowest BCUT2D eigenvalue weighted by Crippen LogP contribution is -2.48. The number of allylic oxidation sites excluding steroid dienone is 4. The van der Waals surface area contributed by atoms with Crippen LogP contribution in [0.15, 0.2) is 24.3 Å². The monoisotopic (exact) mass is 370 g/mol. The van der Waals surface area contributed by atoms with Crippen molar-refractivity contribution in [3.63, 3.8) is 0 Å². The average Bonchev–Trinajstić information content (AvgIpc) is 3.47. The zero-order chi connectivity index (χ0) is 19.0. The van der Waals surface area contributed by atoms with Crippen molar-refractivity contribution in [2.24, 2.45) is 35.5 Å². The maximum absolute atomic E-state index is 13.3. The maximum atomic E-state index is 13.3. The van der Waals surface area contributed by atoms with Gasteiger partial charge in [-0.2, -0.15) is 0 Å². The minimum Gasteiger partial charge on any atom is -0.354 e. The quantitative estimate of drug-likeness (QED) is 0.664. The number of rotatable bonds is 8. The second-order valence-electron chi connectivity index (χ2n) is 9.07. The molecule has 0 unspecified atom stereocenters. The molecule has 1 N–H and O–H groups in total. The lowest BCUT2D eigenvalue weighted by Gasteiger charge is -2.34. The predicted molar refractivity (Wildman–Crippen MR) is 107 cm³/mol. The Morgan fingerprint density at radius 2 is 1.52 bits per heavy atom. The predicted octanol–water partition coefficient (Wildman–Crippen LogP) is 3.54. The fraction of sp³-hybridized carbons (Fsp3) is 0.739. The van der Waals surface area contributed by atoms with Crippen LogP contribution >= 0.6 is 0 Å². The van der Waals surface area contributed by atoms with Crippen molar-refractivity contribution in [2.75, 3.05) is 13.1 Å². The Hall–Kier alpha value is -1.58. The number of carbonyl (C=O) groups excluding carboxylic acids is 2. The zero-order valence-corrected chi connectivity index (χ0v) is 16.8. The van der Waals surface area contributed by atoms with E-state index in [9.17, 15) is 9.59 Å². The van der Waals surface area contributed by atoms with Gasteiger partial charge in [-0.1, -0.05) is 38.2 Å². The van der Waals surface area contributed by atoms with Crippen LogP contribution in [0.4, 0.5) is 0 Å². The highest BCUT2D eigenvalue weighted by molar-refractivity contribution is 5.81. The minimum absolute atomic E-state index is 0.146. The number of amides is 2. The summed E-state index contributed by atoms with van der Waals surface area (Å²) in [6, 6.07) is 0.280. The van der Waals surface area contributed by atoms with Crippen LogP contribution in [0, 0.1) is 35.5 Å². The zero-order valence-electron chi connectivity index (χ0n) is 16.8. The van der Waals surface area contributed by atoms with Gasteiger partial charge in [0.1, 0.15) is 0 Å². The van der Waals surface area contributed by atoms with Crippen molar-refractivity contribution in [3.05, 3.63) is 24.3 Å². The van der Waals surface area contributed by atoms with Crippen LogP contribution in [-0.2, 0) is 9.59 Å². The van der Waals surface area contributed by atoms with Gasteiger partial charge in [-0.25, -0.2) is 0 Å². The second kappa shape index (κ2) is 7.81. The molecule has 6 atom stereocenters. The van der Waals surface area contributed by atoms with Gasteiger partial charge in [0.15, 0.2) is 0 Å². The summed E-state index contributed by atoms with van der Waals surface area (Å²) in [4.78, 5) is 28.0. The molecule has 2 fully saturated rings. The number of nitrogens with one attached hydrogen (secondary N) is 1. The van der Waals surface area contributed by atoms with Crippen LogP contribution in [0.2, 0.25) is 0 Å². The topological polar surface area (TPSA) is 49.4 Å². The molecule has 0 saturated heterocycles. The highest BCUT2D eigenvalue weighted by atomic mass is 16.2. The van der Waals surface area contributed by atoms with E-state index >= 15 is 0 Å². The Bertz CT molecular complexity index is 636. The van der Waals surface area contributed by atoms with Gasteiger partial charge in [0.25, 0.3) is 0 Å². The van der Waals surface area contributed by atoms with Crippen LogP contribution in [0.25, 0.3) is 0 Å². The summed E-state index contributed by atoms with van der Waals surface area (Å²) in [5, 5.41) is 3.14. The molecule has 4 heteroatoms. The minimum atomic E-state index is 0.146. The number of hydrogen-bond acceptors (Lipinski definition) is 2. The molecule has 4 rings (SSSR count). The van der Waals surface area contributed by atoms with Gasteiger partial charge in [0.2, 0.25) is 11.8 Å². The summed E-state index contributed by atoms with van der Waals surface area (Å²) in [7, 11) is 0. The first-order valence-electron chi connectivity index (χ1n) is 11.1. The first-order valence-corrected chi connectivity index (χ1v) is 11.1. The molecular formula is C23H34N2O2. The van der Waals surface area contributed by atoms with Crippen LogP contribution in [0.3, 0.4) is 0 Å². The lowest BCUT2D eigenvalue weighted by molar-refractivity contribution is -0.139. The normalized spacial score (nSPS) is 35.4. The summed E-state index contributed by atoms with van der Waals surface area (Å²) < 4.78 is 0.